The Morgan fingerprint density at radius 3 is 2.81 bits per heavy atom. The molecule has 0 amide bonds. The second kappa shape index (κ2) is 4.82. The molecule has 1 aromatic rings. The number of hydrogen-bond acceptors (Lipinski definition) is 4. The quantitative estimate of drug-likeness (QED) is 0.849. The Morgan fingerprint density at radius 1 is 1.56 bits per heavy atom. The lowest BCUT2D eigenvalue weighted by Gasteiger charge is -2.24. The van der Waals surface area contributed by atoms with Gasteiger partial charge < -0.3 is 10.4 Å². The number of aromatic nitrogens is 1. The van der Waals surface area contributed by atoms with Crippen LogP contribution in [0.15, 0.2) is 6.20 Å². The van der Waals surface area contributed by atoms with Gasteiger partial charge in [0.05, 0.1) is 11.6 Å². The first-order valence-corrected chi connectivity index (χ1v) is 6.79. The van der Waals surface area contributed by atoms with Gasteiger partial charge in [0.25, 0.3) is 0 Å². The lowest BCUT2D eigenvalue weighted by Crippen LogP contribution is -2.38. The van der Waals surface area contributed by atoms with E-state index in [-0.39, 0.29) is 6.04 Å². The highest BCUT2D eigenvalue weighted by Gasteiger charge is 2.31. The van der Waals surface area contributed by atoms with Crippen molar-refractivity contribution >= 4 is 11.3 Å². The molecule has 1 atom stereocenters. The monoisotopic (exact) mass is 240 g/mol. The van der Waals surface area contributed by atoms with E-state index in [4.69, 9.17) is 0 Å². The Labute approximate surface area is 101 Å². The van der Waals surface area contributed by atoms with Crippen LogP contribution in [0.4, 0.5) is 0 Å². The molecule has 1 aliphatic carbocycles. The molecule has 90 valence electrons. The van der Waals surface area contributed by atoms with Crippen LogP contribution in [0.5, 0.6) is 0 Å². The van der Waals surface area contributed by atoms with Gasteiger partial charge in [-0.05, 0) is 26.7 Å². The number of nitrogens with one attached hydrogen (secondary N) is 1. The van der Waals surface area contributed by atoms with Crippen molar-refractivity contribution in [2.45, 2.75) is 51.2 Å². The number of thiazole rings is 1. The maximum Gasteiger partial charge on any atom is 0.109 e. The van der Waals surface area contributed by atoms with Crippen molar-refractivity contribution in [1.82, 2.24) is 10.3 Å². The number of aryl methyl sites for hydroxylation is 1. The second-order valence-corrected chi connectivity index (χ2v) is 6.11. The van der Waals surface area contributed by atoms with E-state index >= 15 is 0 Å². The molecule has 0 radical (unpaired) electrons. The Hall–Kier alpha value is -0.450. The van der Waals surface area contributed by atoms with E-state index in [1.165, 1.54) is 4.88 Å². The fraction of sp³-hybridized carbons (Fsp3) is 0.750. The first-order chi connectivity index (χ1) is 7.59. The molecule has 16 heavy (non-hydrogen) atoms. The van der Waals surface area contributed by atoms with Crippen LogP contribution < -0.4 is 5.32 Å². The van der Waals surface area contributed by atoms with Crippen LogP contribution in [0.25, 0.3) is 0 Å². The van der Waals surface area contributed by atoms with E-state index in [1.807, 2.05) is 6.20 Å². The third-order valence-electron chi connectivity index (χ3n) is 3.28. The second-order valence-electron chi connectivity index (χ2n) is 4.84. The van der Waals surface area contributed by atoms with Crippen LogP contribution in [-0.2, 0) is 0 Å². The predicted molar refractivity (Wildman–Crippen MR) is 66.7 cm³/mol. The van der Waals surface area contributed by atoms with Crippen LogP contribution in [0, 0.1) is 6.92 Å². The smallest absolute Gasteiger partial charge is 0.109 e. The summed E-state index contributed by atoms with van der Waals surface area (Å²) in [5.41, 5.74) is -0.472. The van der Waals surface area contributed by atoms with E-state index < -0.39 is 5.60 Å². The van der Waals surface area contributed by atoms with Gasteiger partial charge >= 0.3 is 0 Å². The summed E-state index contributed by atoms with van der Waals surface area (Å²) < 4.78 is 0. The fourth-order valence-electron chi connectivity index (χ4n) is 2.21. The standard InChI is InChI=1S/C12H20N2OS/c1-9-7-13-11(16-9)10(2)14-8-12(15)5-3-4-6-12/h7,10,14-15H,3-6,8H2,1-2H3. The zero-order chi connectivity index (χ0) is 11.6. The van der Waals surface area contributed by atoms with Crippen molar-refractivity contribution in [2.24, 2.45) is 0 Å². The van der Waals surface area contributed by atoms with Crippen LogP contribution in [0.3, 0.4) is 0 Å². The minimum atomic E-state index is -0.472. The van der Waals surface area contributed by atoms with Gasteiger partial charge in [0.2, 0.25) is 0 Å². The molecule has 2 rings (SSSR count). The van der Waals surface area contributed by atoms with E-state index in [9.17, 15) is 5.11 Å². The highest BCUT2D eigenvalue weighted by Crippen LogP contribution is 2.29. The maximum atomic E-state index is 10.2. The van der Waals surface area contributed by atoms with E-state index in [2.05, 4.69) is 24.1 Å². The SMILES string of the molecule is Cc1cnc(C(C)NCC2(O)CCCC2)s1. The van der Waals surface area contributed by atoms with Crippen molar-refractivity contribution < 1.29 is 5.11 Å². The summed E-state index contributed by atoms with van der Waals surface area (Å²) in [7, 11) is 0. The molecule has 4 heteroatoms. The van der Waals surface area contributed by atoms with Crippen molar-refractivity contribution in [1.29, 1.82) is 0 Å². The highest BCUT2D eigenvalue weighted by atomic mass is 32.1. The van der Waals surface area contributed by atoms with Gasteiger partial charge in [-0.15, -0.1) is 11.3 Å². The molecule has 1 heterocycles. The molecule has 0 aliphatic heterocycles. The Bertz CT molecular complexity index is 345. The first kappa shape index (κ1) is 12.0. The zero-order valence-electron chi connectivity index (χ0n) is 9.99. The summed E-state index contributed by atoms with van der Waals surface area (Å²) in [5.74, 6) is 0. The van der Waals surface area contributed by atoms with Crippen molar-refractivity contribution in [2.75, 3.05) is 6.54 Å². The number of rotatable bonds is 4. The highest BCUT2D eigenvalue weighted by molar-refractivity contribution is 7.11. The summed E-state index contributed by atoms with van der Waals surface area (Å²) >= 11 is 1.72. The number of hydrogen-bond donors (Lipinski definition) is 2. The van der Waals surface area contributed by atoms with E-state index in [1.54, 1.807) is 11.3 Å². The molecule has 1 fully saturated rings. The largest absolute Gasteiger partial charge is 0.389 e. The predicted octanol–water partition coefficient (Wildman–Crippen LogP) is 2.41. The summed E-state index contributed by atoms with van der Waals surface area (Å²) in [6.07, 6.45) is 6.08. The van der Waals surface area contributed by atoms with E-state index in [0.717, 1.165) is 30.7 Å². The van der Waals surface area contributed by atoms with Gasteiger partial charge in [0.15, 0.2) is 0 Å². The minimum Gasteiger partial charge on any atom is -0.389 e. The van der Waals surface area contributed by atoms with Gasteiger partial charge in [0, 0.05) is 17.6 Å². The maximum absolute atomic E-state index is 10.2. The zero-order valence-corrected chi connectivity index (χ0v) is 10.8. The molecule has 0 saturated heterocycles. The Morgan fingerprint density at radius 2 is 2.25 bits per heavy atom. The van der Waals surface area contributed by atoms with Gasteiger partial charge in [-0.25, -0.2) is 4.98 Å². The summed E-state index contributed by atoms with van der Waals surface area (Å²) in [6, 6.07) is 0.239. The molecule has 3 nitrogen and oxygen atoms in total. The third kappa shape index (κ3) is 2.81. The van der Waals surface area contributed by atoms with Gasteiger partial charge in [-0.3, -0.25) is 0 Å². The normalized spacial score (nSPS) is 21.2. The molecular formula is C12H20N2OS. The number of nitrogens with zero attached hydrogens (tertiary/aromatic N) is 1. The molecule has 0 aromatic carbocycles. The fourth-order valence-corrected chi connectivity index (χ4v) is 3.01. The molecule has 1 aliphatic rings. The average Bonchev–Trinajstić information content (AvgIpc) is 2.85. The average molecular weight is 240 g/mol. The van der Waals surface area contributed by atoms with E-state index in [0.29, 0.717) is 6.54 Å². The molecular weight excluding hydrogens is 220 g/mol. The van der Waals surface area contributed by atoms with Gasteiger partial charge in [0.1, 0.15) is 5.01 Å². The van der Waals surface area contributed by atoms with Crippen molar-refractivity contribution in [3.8, 4) is 0 Å². The number of aliphatic hydroxyl groups is 1. The molecule has 0 bridgehead atoms. The molecule has 2 N–H and O–H groups in total. The van der Waals surface area contributed by atoms with Crippen molar-refractivity contribution in [3.63, 3.8) is 0 Å². The molecule has 1 aromatic heterocycles. The van der Waals surface area contributed by atoms with Crippen molar-refractivity contribution in [3.05, 3.63) is 16.1 Å². The molecule has 1 saturated carbocycles. The topological polar surface area (TPSA) is 45.2 Å². The van der Waals surface area contributed by atoms with Crippen LogP contribution in [0.1, 0.15) is 48.5 Å². The first-order valence-electron chi connectivity index (χ1n) is 5.97. The Balaban J connectivity index is 1.86. The molecule has 1 unspecified atom stereocenters. The minimum absolute atomic E-state index is 0.239. The summed E-state index contributed by atoms with van der Waals surface area (Å²) in [5, 5.41) is 14.7. The van der Waals surface area contributed by atoms with Gasteiger partial charge in [-0.1, -0.05) is 12.8 Å². The summed E-state index contributed by atoms with van der Waals surface area (Å²) in [6.45, 7) is 4.86. The summed E-state index contributed by atoms with van der Waals surface area (Å²) in [4.78, 5) is 5.60. The lowest BCUT2D eigenvalue weighted by atomic mass is 10.0. The third-order valence-corrected chi connectivity index (χ3v) is 4.38. The van der Waals surface area contributed by atoms with Gasteiger partial charge in [-0.2, -0.15) is 0 Å². The lowest BCUT2D eigenvalue weighted by molar-refractivity contribution is 0.0453. The molecule has 0 spiro atoms. The Kier molecular flexibility index (Phi) is 3.62. The van der Waals surface area contributed by atoms with Crippen LogP contribution in [-0.4, -0.2) is 22.2 Å². The van der Waals surface area contributed by atoms with Crippen LogP contribution >= 0.6 is 11.3 Å². The van der Waals surface area contributed by atoms with Crippen LogP contribution in [0.2, 0.25) is 0 Å².